The summed E-state index contributed by atoms with van der Waals surface area (Å²) in [6, 6.07) is 8.17. The van der Waals surface area contributed by atoms with Gasteiger partial charge in [-0.3, -0.25) is 0 Å². The van der Waals surface area contributed by atoms with E-state index in [2.05, 4.69) is 44.9 Å². The van der Waals surface area contributed by atoms with Gasteiger partial charge in [0, 0.05) is 17.8 Å². The molecule has 0 spiro atoms. The van der Waals surface area contributed by atoms with Crippen LogP contribution in [0.15, 0.2) is 24.3 Å². The first-order valence-corrected chi connectivity index (χ1v) is 6.01. The third-order valence-electron chi connectivity index (χ3n) is 3.61. The summed E-state index contributed by atoms with van der Waals surface area (Å²) in [5.74, 6) is 0. The van der Waals surface area contributed by atoms with Gasteiger partial charge in [0.25, 0.3) is 0 Å². The maximum Gasteiger partial charge on any atom is 0.0314 e. The minimum absolute atomic E-state index is 0.286. The molecular formula is C14H24N2. The average molecular weight is 220 g/mol. The Bertz CT molecular complexity index is 314. The van der Waals surface area contributed by atoms with Gasteiger partial charge in [-0.1, -0.05) is 19.1 Å². The summed E-state index contributed by atoms with van der Waals surface area (Å²) < 4.78 is 0. The van der Waals surface area contributed by atoms with Crippen LogP contribution in [0.2, 0.25) is 0 Å². The van der Waals surface area contributed by atoms with Crippen LogP contribution >= 0.6 is 0 Å². The van der Waals surface area contributed by atoms with Gasteiger partial charge in [-0.15, -0.1) is 0 Å². The summed E-state index contributed by atoms with van der Waals surface area (Å²) in [6.07, 6.45) is 2.26. The molecule has 16 heavy (non-hydrogen) atoms. The monoisotopic (exact) mass is 220 g/mol. The molecule has 90 valence electrons. The van der Waals surface area contributed by atoms with Gasteiger partial charge in [0.1, 0.15) is 0 Å². The lowest BCUT2D eigenvalue weighted by atomic mass is 9.99. The second-order valence-corrected chi connectivity index (χ2v) is 5.08. The van der Waals surface area contributed by atoms with Crippen molar-refractivity contribution in [2.24, 2.45) is 0 Å². The first-order chi connectivity index (χ1) is 7.45. The molecule has 0 aliphatic rings. The van der Waals surface area contributed by atoms with E-state index in [1.165, 1.54) is 12.0 Å². The lowest BCUT2D eigenvalue weighted by Gasteiger charge is -2.34. The zero-order chi connectivity index (χ0) is 12.2. The lowest BCUT2D eigenvalue weighted by molar-refractivity contribution is 0.153. The largest absolute Gasteiger partial charge is 0.399 e. The van der Waals surface area contributed by atoms with Crippen molar-refractivity contribution < 1.29 is 0 Å². The number of likely N-dealkylation sites (N-methyl/N-ethyl adjacent to an activating group) is 1. The SMILES string of the molecule is CCC(C)(C)N(C)CCc1ccc(N)cc1. The minimum Gasteiger partial charge on any atom is -0.399 e. The van der Waals surface area contributed by atoms with Gasteiger partial charge in [0.2, 0.25) is 0 Å². The van der Waals surface area contributed by atoms with E-state index in [4.69, 9.17) is 5.73 Å². The van der Waals surface area contributed by atoms with Crippen LogP contribution in [-0.2, 0) is 6.42 Å². The van der Waals surface area contributed by atoms with Crippen LogP contribution in [0.4, 0.5) is 5.69 Å². The second kappa shape index (κ2) is 5.35. The van der Waals surface area contributed by atoms with Gasteiger partial charge in [0.05, 0.1) is 0 Å². The highest BCUT2D eigenvalue weighted by atomic mass is 15.2. The molecule has 0 aliphatic heterocycles. The number of nitrogens with two attached hydrogens (primary N) is 1. The van der Waals surface area contributed by atoms with Crippen molar-refractivity contribution in [3.8, 4) is 0 Å². The van der Waals surface area contributed by atoms with Crippen molar-refractivity contribution in [1.82, 2.24) is 4.90 Å². The number of hydrogen-bond acceptors (Lipinski definition) is 2. The number of nitrogen functional groups attached to an aromatic ring is 1. The maximum absolute atomic E-state index is 5.66. The topological polar surface area (TPSA) is 29.3 Å². The molecule has 1 rings (SSSR count). The van der Waals surface area contributed by atoms with Gasteiger partial charge in [-0.05, 0) is 51.4 Å². The number of anilines is 1. The van der Waals surface area contributed by atoms with Crippen molar-refractivity contribution in [3.05, 3.63) is 29.8 Å². The van der Waals surface area contributed by atoms with Crippen molar-refractivity contribution in [2.45, 2.75) is 39.2 Å². The molecule has 0 heterocycles. The molecule has 1 aromatic carbocycles. The van der Waals surface area contributed by atoms with E-state index in [0.29, 0.717) is 0 Å². The molecule has 2 heteroatoms. The molecule has 2 N–H and O–H groups in total. The Hall–Kier alpha value is -1.02. The quantitative estimate of drug-likeness (QED) is 0.773. The normalized spacial score (nSPS) is 12.1. The predicted octanol–water partition coefficient (Wildman–Crippen LogP) is 2.93. The fourth-order valence-electron chi connectivity index (χ4n) is 1.55. The highest BCUT2D eigenvalue weighted by molar-refractivity contribution is 5.39. The first-order valence-electron chi connectivity index (χ1n) is 6.01. The van der Waals surface area contributed by atoms with Crippen LogP contribution in [0.25, 0.3) is 0 Å². The maximum atomic E-state index is 5.66. The average Bonchev–Trinajstić information content (AvgIpc) is 2.28. The Balaban J connectivity index is 2.49. The van der Waals surface area contributed by atoms with Crippen molar-refractivity contribution in [2.75, 3.05) is 19.3 Å². The van der Waals surface area contributed by atoms with Crippen LogP contribution in [0.5, 0.6) is 0 Å². The summed E-state index contributed by atoms with van der Waals surface area (Å²) in [5, 5.41) is 0. The van der Waals surface area contributed by atoms with E-state index in [-0.39, 0.29) is 5.54 Å². The summed E-state index contributed by atoms with van der Waals surface area (Å²) in [4.78, 5) is 2.42. The summed E-state index contributed by atoms with van der Waals surface area (Å²) in [6.45, 7) is 7.90. The smallest absolute Gasteiger partial charge is 0.0314 e. The van der Waals surface area contributed by atoms with Gasteiger partial charge in [-0.25, -0.2) is 0 Å². The van der Waals surface area contributed by atoms with Crippen LogP contribution in [0.1, 0.15) is 32.8 Å². The van der Waals surface area contributed by atoms with Crippen LogP contribution in [-0.4, -0.2) is 24.0 Å². The van der Waals surface area contributed by atoms with E-state index >= 15 is 0 Å². The third kappa shape index (κ3) is 3.53. The molecule has 0 atom stereocenters. The predicted molar refractivity (Wildman–Crippen MR) is 71.6 cm³/mol. The first kappa shape index (κ1) is 13.0. The van der Waals surface area contributed by atoms with E-state index in [1.54, 1.807) is 0 Å². The van der Waals surface area contributed by atoms with E-state index in [9.17, 15) is 0 Å². The molecule has 0 fully saturated rings. The Kier molecular flexibility index (Phi) is 4.36. The van der Waals surface area contributed by atoms with E-state index in [1.807, 2.05) is 12.1 Å². The molecule has 0 radical (unpaired) electrons. The summed E-state index contributed by atoms with van der Waals surface area (Å²) in [7, 11) is 2.20. The van der Waals surface area contributed by atoms with Crippen LogP contribution in [0.3, 0.4) is 0 Å². The summed E-state index contributed by atoms with van der Waals surface area (Å²) >= 11 is 0. The number of benzene rings is 1. The van der Waals surface area contributed by atoms with Crippen LogP contribution < -0.4 is 5.73 Å². The molecule has 0 amide bonds. The number of nitrogens with zero attached hydrogens (tertiary/aromatic N) is 1. The highest BCUT2D eigenvalue weighted by Gasteiger charge is 2.20. The number of hydrogen-bond donors (Lipinski definition) is 1. The molecule has 0 unspecified atom stereocenters. The minimum atomic E-state index is 0.286. The van der Waals surface area contributed by atoms with E-state index in [0.717, 1.165) is 18.7 Å². The Morgan fingerprint density at radius 1 is 1.19 bits per heavy atom. The van der Waals surface area contributed by atoms with E-state index < -0.39 is 0 Å². The summed E-state index contributed by atoms with van der Waals surface area (Å²) in [5.41, 5.74) is 8.14. The van der Waals surface area contributed by atoms with Gasteiger partial charge < -0.3 is 10.6 Å². The Morgan fingerprint density at radius 3 is 2.25 bits per heavy atom. The number of rotatable bonds is 5. The fourth-order valence-corrected chi connectivity index (χ4v) is 1.55. The molecule has 0 saturated carbocycles. The van der Waals surface area contributed by atoms with Gasteiger partial charge in [-0.2, -0.15) is 0 Å². The lowest BCUT2D eigenvalue weighted by Crippen LogP contribution is -2.41. The Labute approximate surface area is 99.5 Å². The van der Waals surface area contributed by atoms with Gasteiger partial charge >= 0.3 is 0 Å². The Morgan fingerprint density at radius 2 is 1.75 bits per heavy atom. The highest BCUT2D eigenvalue weighted by Crippen LogP contribution is 2.17. The zero-order valence-electron chi connectivity index (χ0n) is 11.0. The second-order valence-electron chi connectivity index (χ2n) is 5.08. The molecular weight excluding hydrogens is 196 g/mol. The van der Waals surface area contributed by atoms with Crippen LogP contribution in [0, 0.1) is 0 Å². The molecule has 0 bridgehead atoms. The zero-order valence-corrected chi connectivity index (χ0v) is 11.0. The molecule has 1 aromatic rings. The van der Waals surface area contributed by atoms with Gasteiger partial charge in [0.15, 0.2) is 0 Å². The molecule has 0 aromatic heterocycles. The van der Waals surface area contributed by atoms with Crippen molar-refractivity contribution in [3.63, 3.8) is 0 Å². The molecule has 0 aliphatic carbocycles. The van der Waals surface area contributed by atoms with Crippen molar-refractivity contribution >= 4 is 5.69 Å². The molecule has 2 nitrogen and oxygen atoms in total. The molecule has 0 saturated heterocycles. The third-order valence-corrected chi connectivity index (χ3v) is 3.61. The standard InChI is InChI=1S/C14H24N2/c1-5-14(2,3)16(4)11-10-12-6-8-13(15)9-7-12/h6-9H,5,10-11,15H2,1-4H3. The van der Waals surface area contributed by atoms with Crippen molar-refractivity contribution in [1.29, 1.82) is 0 Å². The fraction of sp³-hybridized carbons (Fsp3) is 0.571.